The molecule has 3 heteroatoms. The molecule has 0 saturated carbocycles. The van der Waals surface area contributed by atoms with Crippen molar-refractivity contribution in [1.82, 2.24) is 10.9 Å². The molecule has 0 rings (SSSR count). The number of hydrazine groups is 1. The van der Waals surface area contributed by atoms with Gasteiger partial charge in [-0.25, -0.2) is 5.43 Å². The molecular weight excluding hydrogens is 174 g/mol. The Labute approximate surface area is 86.7 Å². The summed E-state index contributed by atoms with van der Waals surface area (Å²) in [4.78, 5) is 0. The summed E-state index contributed by atoms with van der Waals surface area (Å²) >= 11 is 0. The monoisotopic (exact) mass is 195 g/mol. The average Bonchev–Trinajstić information content (AvgIpc) is 2.22. The van der Waals surface area contributed by atoms with Crippen molar-refractivity contribution in [1.29, 1.82) is 0 Å². The minimum absolute atomic E-state index is 0.120. The molecule has 0 heterocycles. The SMILES string of the molecule is C=C/C=C(\C(C)=C/C)C(CN)NNC. The number of nitrogens with two attached hydrogens (primary N) is 1. The van der Waals surface area contributed by atoms with Crippen LogP contribution in [0.1, 0.15) is 13.8 Å². The number of nitrogens with one attached hydrogen (secondary N) is 2. The maximum absolute atomic E-state index is 5.68. The molecule has 3 nitrogen and oxygen atoms in total. The van der Waals surface area contributed by atoms with E-state index in [1.807, 2.05) is 20.0 Å². The molecule has 0 aromatic heterocycles. The van der Waals surface area contributed by atoms with Gasteiger partial charge in [0.2, 0.25) is 0 Å². The fraction of sp³-hybridized carbons (Fsp3) is 0.455. The van der Waals surface area contributed by atoms with Gasteiger partial charge >= 0.3 is 0 Å². The van der Waals surface area contributed by atoms with Crippen molar-refractivity contribution in [2.75, 3.05) is 13.6 Å². The molecule has 0 aromatic carbocycles. The van der Waals surface area contributed by atoms with E-state index in [9.17, 15) is 0 Å². The molecule has 0 amide bonds. The summed E-state index contributed by atoms with van der Waals surface area (Å²) in [6.07, 6.45) is 5.83. The molecule has 1 atom stereocenters. The number of rotatable bonds is 6. The largest absolute Gasteiger partial charge is 0.329 e. The van der Waals surface area contributed by atoms with E-state index in [2.05, 4.69) is 30.4 Å². The Hall–Kier alpha value is -0.900. The maximum atomic E-state index is 5.68. The van der Waals surface area contributed by atoms with Gasteiger partial charge in [0.1, 0.15) is 0 Å². The molecule has 0 saturated heterocycles. The van der Waals surface area contributed by atoms with Crippen molar-refractivity contribution >= 4 is 0 Å². The third-order valence-electron chi connectivity index (χ3n) is 2.12. The van der Waals surface area contributed by atoms with Crippen molar-refractivity contribution in [3.8, 4) is 0 Å². The van der Waals surface area contributed by atoms with Crippen LogP contribution in [0.2, 0.25) is 0 Å². The quantitative estimate of drug-likeness (QED) is 0.440. The highest BCUT2D eigenvalue weighted by atomic mass is 15.4. The van der Waals surface area contributed by atoms with Crippen molar-refractivity contribution in [2.24, 2.45) is 5.73 Å². The van der Waals surface area contributed by atoms with E-state index in [4.69, 9.17) is 5.73 Å². The minimum atomic E-state index is 0.120. The molecular formula is C11H21N3. The van der Waals surface area contributed by atoms with Gasteiger partial charge in [-0.15, -0.1) is 0 Å². The first kappa shape index (κ1) is 13.1. The first-order valence-electron chi connectivity index (χ1n) is 4.79. The highest BCUT2D eigenvalue weighted by molar-refractivity contribution is 5.35. The molecule has 0 aromatic rings. The van der Waals surface area contributed by atoms with Gasteiger partial charge in [0.15, 0.2) is 0 Å². The van der Waals surface area contributed by atoms with Crippen LogP contribution in [0.25, 0.3) is 0 Å². The van der Waals surface area contributed by atoms with E-state index in [1.165, 1.54) is 11.1 Å². The van der Waals surface area contributed by atoms with E-state index < -0.39 is 0 Å². The lowest BCUT2D eigenvalue weighted by molar-refractivity contribution is 0.514. The Morgan fingerprint density at radius 1 is 1.57 bits per heavy atom. The van der Waals surface area contributed by atoms with E-state index >= 15 is 0 Å². The van der Waals surface area contributed by atoms with Gasteiger partial charge in [0.25, 0.3) is 0 Å². The van der Waals surface area contributed by atoms with E-state index in [1.54, 1.807) is 6.08 Å². The topological polar surface area (TPSA) is 50.1 Å². The van der Waals surface area contributed by atoms with Crippen LogP contribution in [-0.2, 0) is 0 Å². The molecule has 1 unspecified atom stereocenters. The zero-order valence-electron chi connectivity index (χ0n) is 9.30. The van der Waals surface area contributed by atoms with Gasteiger partial charge in [-0.1, -0.05) is 30.4 Å². The summed E-state index contributed by atoms with van der Waals surface area (Å²) in [7, 11) is 1.83. The third-order valence-corrected chi connectivity index (χ3v) is 2.12. The van der Waals surface area contributed by atoms with Crippen molar-refractivity contribution < 1.29 is 0 Å². The summed E-state index contributed by atoms with van der Waals surface area (Å²) in [5.74, 6) is 0. The second-order valence-corrected chi connectivity index (χ2v) is 3.01. The van der Waals surface area contributed by atoms with Gasteiger partial charge in [0, 0.05) is 6.54 Å². The zero-order chi connectivity index (χ0) is 11.0. The fourth-order valence-corrected chi connectivity index (χ4v) is 1.25. The second-order valence-electron chi connectivity index (χ2n) is 3.01. The smallest absolute Gasteiger partial charge is 0.0587 e. The summed E-state index contributed by atoms with van der Waals surface area (Å²) in [6, 6.07) is 0.120. The standard InChI is InChI=1S/C11H21N3/c1-5-7-10(9(3)6-2)11(8-12)14-13-4/h5-7,11,13-14H,1,8,12H2,2-4H3/b9-6-,10-7+. The molecule has 4 N–H and O–H groups in total. The molecule has 0 bridgehead atoms. The summed E-state index contributed by atoms with van der Waals surface area (Å²) in [5, 5.41) is 0. The molecule has 0 fully saturated rings. The number of hydrogen-bond donors (Lipinski definition) is 3. The van der Waals surface area contributed by atoms with Gasteiger partial charge < -0.3 is 5.73 Å². The van der Waals surface area contributed by atoms with Crippen LogP contribution in [0.5, 0.6) is 0 Å². The van der Waals surface area contributed by atoms with Crippen LogP contribution in [0, 0.1) is 0 Å². The van der Waals surface area contributed by atoms with E-state index in [0.29, 0.717) is 6.54 Å². The van der Waals surface area contributed by atoms with Crippen LogP contribution >= 0.6 is 0 Å². The van der Waals surface area contributed by atoms with Crippen LogP contribution in [0.3, 0.4) is 0 Å². The summed E-state index contributed by atoms with van der Waals surface area (Å²) < 4.78 is 0. The summed E-state index contributed by atoms with van der Waals surface area (Å²) in [6.45, 7) is 8.33. The average molecular weight is 195 g/mol. The third kappa shape index (κ3) is 3.87. The maximum Gasteiger partial charge on any atom is 0.0587 e. The van der Waals surface area contributed by atoms with E-state index in [0.717, 1.165) is 0 Å². The molecule has 0 spiro atoms. The lowest BCUT2D eigenvalue weighted by atomic mass is 9.99. The van der Waals surface area contributed by atoms with Gasteiger partial charge in [-0.3, -0.25) is 5.43 Å². The van der Waals surface area contributed by atoms with E-state index in [-0.39, 0.29) is 6.04 Å². The molecule has 0 aliphatic carbocycles. The van der Waals surface area contributed by atoms with Crippen LogP contribution in [-0.4, -0.2) is 19.6 Å². The first-order chi connectivity index (χ1) is 6.71. The molecule has 0 aliphatic heterocycles. The Kier molecular flexibility index (Phi) is 7.02. The lowest BCUT2D eigenvalue weighted by Crippen LogP contribution is -2.44. The molecule has 0 radical (unpaired) electrons. The number of allylic oxidation sites excluding steroid dienone is 3. The molecule has 80 valence electrons. The summed E-state index contributed by atoms with van der Waals surface area (Å²) in [5.41, 5.74) is 14.1. The predicted molar refractivity (Wildman–Crippen MR) is 62.7 cm³/mol. The highest BCUT2D eigenvalue weighted by Gasteiger charge is 2.11. The first-order valence-corrected chi connectivity index (χ1v) is 4.79. The van der Waals surface area contributed by atoms with Gasteiger partial charge in [-0.05, 0) is 26.5 Å². The zero-order valence-corrected chi connectivity index (χ0v) is 9.30. The normalized spacial score (nSPS) is 15.4. The van der Waals surface area contributed by atoms with Crippen LogP contribution < -0.4 is 16.6 Å². The Balaban J connectivity index is 4.78. The Bertz CT molecular complexity index is 229. The predicted octanol–water partition coefficient (Wildman–Crippen LogP) is 1.12. The van der Waals surface area contributed by atoms with Crippen molar-refractivity contribution in [3.63, 3.8) is 0 Å². The molecule has 14 heavy (non-hydrogen) atoms. The Morgan fingerprint density at radius 2 is 2.21 bits per heavy atom. The Morgan fingerprint density at radius 3 is 2.57 bits per heavy atom. The lowest BCUT2D eigenvalue weighted by Gasteiger charge is -2.20. The number of hydrogen-bond acceptors (Lipinski definition) is 3. The van der Waals surface area contributed by atoms with Crippen molar-refractivity contribution in [2.45, 2.75) is 19.9 Å². The highest BCUT2D eigenvalue weighted by Crippen LogP contribution is 2.13. The van der Waals surface area contributed by atoms with Gasteiger partial charge in [0.05, 0.1) is 6.04 Å². The van der Waals surface area contributed by atoms with Crippen LogP contribution in [0.4, 0.5) is 0 Å². The fourth-order valence-electron chi connectivity index (χ4n) is 1.25. The van der Waals surface area contributed by atoms with Crippen molar-refractivity contribution in [3.05, 3.63) is 36.0 Å². The second kappa shape index (κ2) is 7.50. The van der Waals surface area contributed by atoms with Gasteiger partial charge in [-0.2, -0.15) is 0 Å². The minimum Gasteiger partial charge on any atom is -0.329 e. The molecule has 0 aliphatic rings. The van der Waals surface area contributed by atoms with Crippen LogP contribution in [0.15, 0.2) is 36.0 Å².